The van der Waals surface area contributed by atoms with Gasteiger partial charge in [0.2, 0.25) is 0 Å². The maximum Gasteiger partial charge on any atom is 0.312 e. The number of rotatable bonds is 3. The molecule has 0 spiro atoms. The van der Waals surface area contributed by atoms with E-state index >= 15 is 0 Å². The number of aromatic nitrogens is 5. The highest BCUT2D eigenvalue weighted by atomic mass is 16.4. The number of pyridine rings is 1. The zero-order valence-corrected chi connectivity index (χ0v) is 18.1. The van der Waals surface area contributed by atoms with Crippen molar-refractivity contribution >= 4 is 16.9 Å². The average molecular weight is 440 g/mol. The number of benzene rings is 1. The smallest absolute Gasteiger partial charge is 0.312 e. The van der Waals surface area contributed by atoms with Crippen LogP contribution in [0.25, 0.3) is 22.6 Å². The molecule has 1 aliphatic rings. The SMILES string of the molecule is Cc1cccc(-c2nnc(C(=O)N3CCc4[nH]cnc4[C@@H]3c3oc4ccccc4c3C)o2)n1. The Morgan fingerprint density at radius 1 is 1.09 bits per heavy atom. The summed E-state index contributed by atoms with van der Waals surface area (Å²) in [5.41, 5.74) is 4.83. The summed E-state index contributed by atoms with van der Waals surface area (Å²) < 4.78 is 12.0. The van der Waals surface area contributed by atoms with Crippen LogP contribution >= 0.6 is 0 Å². The summed E-state index contributed by atoms with van der Waals surface area (Å²) in [6, 6.07) is 12.8. The Morgan fingerprint density at radius 2 is 1.97 bits per heavy atom. The molecule has 0 saturated heterocycles. The quantitative estimate of drug-likeness (QED) is 0.451. The molecule has 1 N–H and O–H groups in total. The number of furan rings is 1. The Hall–Kier alpha value is -4.27. The van der Waals surface area contributed by atoms with Gasteiger partial charge in [-0.15, -0.1) is 10.2 Å². The van der Waals surface area contributed by atoms with Gasteiger partial charge in [0.25, 0.3) is 5.89 Å². The van der Waals surface area contributed by atoms with Gasteiger partial charge in [0, 0.05) is 35.3 Å². The second-order valence-electron chi connectivity index (χ2n) is 8.08. The van der Waals surface area contributed by atoms with E-state index in [4.69, 9.17) is 8.83 Å². The van der Waals surface area contributed by atoms with Gasteiger partial charge in [-0.25, -0.2) is 9.97 Å². The molecule has 4 aromatic heterocycles. The molecule has 0 saturated carbocycles. The third-order valence-electron chi connectivity index (χ3n) is 6.03. The molecule has 33 heavy (non-hydrogen) atoms. The number of H-pyrrole nitrogens is 1. The Kier molecular flexibility index (Phi) is 4.36. The van der Waals surface area contributed by atoms with E-state index in [1.807, 2.05) is 50.2 Å². The fraction of sp³-hybridized carbons (Fsp3) is 0.208. The van der Waals surface area contributed by atoms with Crippen molar-refractivity contribution in [1.29, 1.82) is 0 Å². The first-order valence-electron chi connectivity index (χ1n) is 10.7. The van der Waals surface area contributed by atoms with Crippen LogP contribution in [0.5, 0.6) is 0 Å². The van der Waals surface area contributed by atoms with Crippen LogP contribution in [0.4, 0.5) is 0 Å². The number of nitrogens with one attached hydrogen (secondary N) is 1. The fourth-order valence-corrected chi connectivity index (χ4v) is 4.41. The maximum atomic E-state index is 13.6. The zero-order valence-electron chi connectivity index (χ0n) is 18.1. The number of nitrogens with zero attached hydrogens (tertiary/aromatic N) is 5. The molecule has 5 heterocycles. The highest BCUT2D eigenvalue weighted by Crippen LogP contribution is 2.39. The molecule has 0 radical (unpaired) electrons. The van der Waals surface area contributed by atoms with Crippen molar-refractivity contribution in [2.24, 2.45) is 0 Å². The van der Waals surface area contributed by atoms with Crippen molar-refractivity contribution in [1.82, 2.24) is 30.0 Å². The summed E-state index contributed by atoms with van der Waals surface area (Å²) in [4.78, 5) is 27.4. The first-order valence-corrected chi connectivity index (χ1v) is 10.7. The summed E-state index contributed by atoms with van der Waals surface area (Å²) in [5.74, 6) is 0.416. The molecule has 1 aliphatic heterocycles. The number of amides is 1. The second kappa shape index (κ2) is 7.40. The number of hydrogen-bond acceptors (Lipinski definition) is 7. The molecule has 0 unspecified atom stereocenters. The summed E-state index contributed by atoms with van der Waals surface area (Å²) in [6.07, 6.45) is 2.29. The number of carbonyl (C=O) groups is 1. The highest BCUT2D eigenvalue weighted by molar-refractivity contribution is 5.91. The topological polar surface area (TPSA) is 114 Å². The summed E-state index contributed by atoms with van der Waals surface area (Å²) in [7, 11) is 0. The Labute approximate surface area is 188 Å². The molecule has 1 aromatic carbocycles. The molecular formula is C24H20N6O3. The minimum absolute atomic E-state index is 0.0916. The number of fused-ring (bicyclic) bond motifs is 2. The standard InChI is InChI=1S/C24H20N6O3/c1-13-6-5-8-17(27-13)22-28-29-23(33-22)24(31)30-11-10-16-19(26-12-25-16)20(30)21-14(2)15-7-3-4-9-18(15)32-21/h3-9,12,20H,10-11H2,1-2H3,(H,25,26)/t20-/m1/s1. The Morgan fingerprint density at radius 3 is 2.82 bits per heavy atom. The maximum absolute atomic E-state index is 13.6. The molecule has 9 heteroatoms. The minimum atomic E-state index is -0.507. The van der Waals surface area contributed by atoms with E-state index < -0.39 is 6.04 Å². The van der Waals surface area contributed by atoms with Crippen LogP contribution in [0.2, 0.25) is 0 Å². The van der Waals surface area contributed by atoms with E-state index in [0.29, 0.717) is 24.4 Å². The predicted molar refractivity (Wildman–Crippen MR) is 118 cm³/mol. The summed E-state index contributed by atoms with van der Waals surface area (Å²) >= 11 is 0. The van der Waals surface area contributed by atoms with Gasteiger partial charge in [-0.3, -0.25) is 4.79 Å². The Bertz CT molecular complexity index is 1500. The molecule has 1 atom stereocenters. The Balaban J connectivity index is 1.42. The lowest BCUT2D eigenvalue weighted by atomic mass is 9.97. The normalized spacial score (nSPS) is 15.7. The van der Waals surface area contributed by atoms with Gasteiger partial charge in [0.1, 0.15) is 23.1 Å². The first-order chi connectivity index (χ1) is 16.1. The van der Waals surface area contributed by atoms with E-state index in [1.54, 1.807) is 17.3 Å². The number of hydrogen-bond donors (Lipinski definition) is 1. The predicted octanol–water partition coefficient (Wildman–Crippen LogP) is 4.01. The lowest BCUT2D eigenvalue weighted by Gasteiger charge is -2.33. The van der Waals surface area contributed by atoms with Crippen molar-refractivity contribution in [2.45, 2.75) is 26.3 Å². The van der Waals surface area contributed by atoms with Crippen LogP contribution in [0.1, 0.15) is 45.1 Å². The van der Waals surface area contributed by atoms with Crippen molar-refractivity contribution in [3.63, 3.8) is 0 Å². The number of para-hydroxylation sites is 1. The highest BCUT2D eigenvalue weighted by Gasteiger charge is 2.39. The monoisotopic (exact) mass is 440 g/mol. The third-order valence-corrected chi connectivity index (χ3v) is 6.03. The van der Waals surface area contributed by atoms with Crippen molar-refractivity contribution in [2.75, 3.05) is 6.54 Å². The fourth-order valence-electron chi connectivity index (χ4n) is 4.41. The van der Waals surface area contributed by atoms with Crippen molar-refractivity contribution in [3.05, 3.63) is 83.1 Å². The number of carbonyl (C=O) groups excluding carboxylic acids is 1. The number of aryl methyl sites for hydroxylation is 2. The zero-order chi connectivity index (χ0) is 22.5. The first kappa shape index (κ1) is 19.4. The van der Waals surface area contributed by atoms with Crippen molar-refractivity contribution < 1.29 is 13.6 Å². The molecule has 0 fully saturated rings. The van der Waals surface area contributed by atoms with Crippen LogP contribution in [0, 0.1) is 13.8 Å². The lowest BCUT2D eigenvalue weighted by Crippen LogP contribution is -2.41. The van der Waals surface area contributed by atoms with Gasteiger partial charge in [-0.05, 0) is 32.0 Å². The molecule has 6 rings (SSSR count). The minimum Gasteiger partial charge on any atom is -0.458 e. The lowest BCUT2D eigenvalue weighted by molar-refractivity contribution is 0.0632. The van der Waals surface area contributed by atoms with E-state index in [0.717, 1.165) is 33.6 Å². The molecule has 1 amide bonds. The van der Waals surface area contributed by atoms with Gasteiger partial charge in [-0.1, -0.05) is 24.3 Å². The van der Waals surface area contributed by atoms with E-state index in [-0.39, 0.29) is 17.7 Å². The van der Waals surface area contributed by atoms with Gasteiger partial charge >= 0.3 is 11.8 Å². The van der Waals surface area contributed by atoms with E-state index in [1.165, 1.54) is 0 Å². The van der Waals surface area contributed by atoms with Crippen LogP contribution in [-0.2, 0) is 6.42 Å². The van der Waals surface area contributed by atoms with E-state index in [2.05, 4.69) is 25.1 Å². The van der Waals surface area contributed by atoms with Crippen LogP contribution in [-0.4, -0.2) is 42.5 Å². The van der Waals surface area contributed by atoms with Gasteiger partial charge in [-0.2, -0.15) is 0 Å². The molecule has 9 nitrogen and oxygen atoms in total. The van der Waals surface area contributed by atoms with Gasteiger partial charge in [0.05, 0.1) is 12.0 Å². The summed E-state index contributed by atoms with van der Waals surface area (Å²) in [5, 5.41) is 9.09. The second-order valence-corrected chi connectivity index (χ2v) is 8.08. The molecule has 164 valence electrons. The van der Waals surface area contributed by atoms with Gasteiger partial charge in [0.15, 0.2) is 0 Å². The molecule has 5 aromatic rings. The number of imidazole rings is 1. The summed E-state index contributed by atoms with van der Waals surface area (Å²) in [6.45, 7) is 4.33. The third kappa shape index (κ3) is 3.12. The largest absolute Gasteiger partial charge is 0.458 e. The molecule has 0 aliphatic carbocycles. The van der Waals surface area contributed by atoms with E-state index in [9.17, 15) is 4.79 Å². The van der Waals surface area contributed by atoms with Crippen LogP contribution in [0.3, 0.4) is 0 Å². The van der Waals surface area contributed by atoms with Gasteiger partial charge < -0.3 is 18.7 Å². The molecular weight excluding hydrogens is 420 g/mol. The van der Waals surface area contributed by atoms with Crippen LogP contribution in [0.15, 0.2) is 57.6 Å². The van der Waals surface area contributed by atoms with Crippen molar-refractivity contribution in [3.8, 4) is 11.6 Å². The average Bonchev–Trinajstić information content (AvgIpc) is 3.57. The van der Waals surface area contributed by atoms with Crippen LogP contribution < -0.4 is 0 Å². The number of aromatic amines is 1. The molecule has 0 bridgehead atoms.